The molecule has 0 aromatic heterocycles. The maximum atomic E-state index is 2.40. The Balaban J connectivity index is 2.29. The standard InChI is InChI=1S/C9H20Si/c1-3-10(4-2)9-7-5-6-8-9/h9-10H,3-8H2,1-2H3. The molecule has 1 saturated carbocycles. The van der Waals surface area contributed by atoms with E-state index in [1.54, 1.807) is 24.9 Å². The van der Waals surface area contributed by atoms with Gasteiger partial charge in [-0.25, -0.2) is 0 Å². The summed E-state index contributed by atoms with van der Waals surface area (Å²) in [4.78, 5) is 0. The molecule has 0 radical (unpaired) electrons. The summed E-state index contributed by atoms with van der Waals surface area (Å²) in [6.07, 6.45) is 6.24. The van der Waals surface area contributed by atoms with Crippen molar-refractivity contribution < 1.29 is 0 Å². The Labute approximate surface area is 66.6 Å². The molecule has 1 heteroatoms. The van der Waals surface area contributed by atoms with Crippen LogP contribution in [0.3, 0.4) is 0 Å². The van der Waals surface area contributed by atoms with Crippen molar-refractivity contribution in [2.45, 2.75) is 57.2 Å². The Bertz CT molecular complexity index is 80.7. The van der Waals surface area contributed by atoms with Crippen molar-refractivity contribution in [1.82, 2.24) is 0 Å². The molecule has 1 aliphatic carbocycles. The summed E-state index contributed by atoms with van der Waals surface area (Å²) in [5, 5.41) is 0. The van der Waals surface area contributed by atoms with Crippen LogP contribution in [0.2, 0.25) is 17.6 Å². The third kappa shape index (κ3) is 1.85. The van der Waals surface area contributed by atoms with Crippen LogP contribution in [0, 0.1) is 0 Å². The lowest BCUT2D eigenvalue weighted by Gasteiger charge is -2.17. The first-order valence-electron chi connectivity index (χ1n) is 4.88. The van der Waals surface area contributed by atoms with Crippen molar-refractivity contribution in [3.05, 3.63) is 0 Å². The monoisotopic (exact) mass is 156 g/mol. The summed E-state index contributed by atoms with van der Waals surface area (Å²) < 4.78 is 0. The molecular formula is C9H20Si. The highest BCUT2D eigenvalue weighted by atomic mass is 28.3. The van der Waals surface area contributed by atoms with Gasteiger partial charge in [0.1, 0.15) is 0 Å². The van der Waals surface area contributed by atoms with Gasteiger partial charge in [0.15, 0.2) is 0 Å². The van der Waals surface area contributed by atoms with Gasteiger partial charge in [-0.15, -0.1) is 0 Å². The average Bonchev–Trinajstić information content (AvgIpc) is 2.43. The SMILES string of the molecule is CC[SiH](CC)C1CCCC1. The van der Waals surface area contributed by atoms with Crippen molar-refractivity contribution in [1.29, 1.82) is 0 Å². The molecule has 1 aliphatic rings. The second-order valence-electron chi connectivity index (χ2n) is 3.62. The molecule has 60 valence electrons. The molecule has 0 spiro atoms. The fourth-order valence-electron chi connectivity index (χ4n) is 2.38. The highest BCUT2D eigenvalue weighted by Gasteiger charge is 2.22. The van der Waals surface area contributed by atoms with Gasteiger partial charge in [-0.2, -0.15) is 0 Å². The lowest BCUT2D eigenvalue weighted by Crippen LogP contribution is -2.15. The van der Waals surface area contributed by atoms with Gasteiger partial charge >= 0.3 is 0 Å². The second kappa shape index (κ2) is 4.17. The summed E-state index contributed by atoms with van der Waals surface area (Å²) >= 11 is 0. The van der Waals surface area contributed by atoms with Crippen molar-refractivity contribution >= 4 is 8.80 Å². The van der Waals surface area contributed by atoms with Crippen LogP contribution in [-0.2, 0) is 0 Å². The van der Waals surface area contributed by atoms with E-state index in [0.29, 0.717) is 0 Å². The normalized spacial score (nSPS) is 20.7. The molecule has 0 aromatic carbocycles. The molecule has 1 rings (SSSR count). The third-order valence-electron chi connectivity index (χ3n) is 3.12. The quantitative estimate of drug-likeness (QED) is 0.550. The van der Waals surface area contributed by atoms with Crippen LogP contribution < -0.4 is 0 Å². The minimum absolute atomic E-state index is 0.245. The first-order chi connectivity index (χ1) is 4.88. The lowest BCUT2D eigenvalue weighted by atomic mass is 10.4. The van der Waals surface area contributed by atoms with Gasteiger partial charge in [0, 0.05) is 8.80 Å². The van der Waals surface area contributed by atoms with Crippen LogP contribution in [0.4, 0.5) is 0 Å². The van der Waals surface area contributed by atoms with Crippen LogP contribution in [0.1, 0.15) is 39.5 Å². The summed E-state index contributed by atoms with van der Waals surface area (Å²) in [5.74, 6) is 0. The molecule has 0 N–H and O–H groups in total. The molecular weight excluding hydrogens is 136 g/mol. The zero-order chi connectivity index (χ0) is 7.40. The molecule has 0 bridgehead atoms. The van der Waals surface area contributed by atoms with E-state index in [0.717, 1.165) is 0 Å². The smallest absolute Gasteiger partial charge is 0.0393 e. The summed E-state index contributed by atoms with van der Waals surface area (Å²) in [5.41, 5.74) is 1.23. The fourth-order valence-corrected chi connectivity index (χ4v) is 5.71. The topological polar surface area (TPSA) is 0 Å². The van der Waals surface area contributed by atoms with Gasteiger partial charge in [-0.05, 0) is 5.54 Å². The zero-order valence-electron chi connectivity index (χ0n) is 7.40. The Morgan fingerprint density at radius 1 is 1.10 bits per heavy atom. The van der Waals surface area contributed by atoms with E-state index in [2.05, 4.69) is 13.8 Å². The molecule has 0 amide bonds. The lowest BCUT2D eigenvalue weighted by molar-refractivity contribution is 0.840. The molecule has 0 aromatic rings. The van der Waals surface area contributed by atoms with Crippen LogP contribution in [0.15, 0.2) is 0 Å². The van der Waals surface area contributed by atoms with E-state index in [1.807, 2.05) is 0 Å². The van der Waals surface area contributed by atoms with Gasteiger partial charge in [0.05, 0.1) is 0 Å². The van der Waals surface area contributed by atoms with E-state index in [4.69, 9.17) is 0 Å². The van der Waals surface area contributed by atoms with E-state index in [1.165, 1.54) is 18.4 Å². The van der Waals surface area contributed by atoms with Crippen molar-refractivity contribution in [2.24, 2.45) is 0 Å². The number of rotatable bonds is 3. The Morgan fingerprint density at radius 2 is 1.60 bits per heavy atom. The molecule has 0 nitrogen and oxygen atoms in total. The minimum atomic E-state index is -0.245. The molecule has 0 atom stereocenters. The van der Waals surface area contributed by atoms with Gasteiger partial charge < -0.3 is 0 Å². The van der Waals surface area contributed by atoms with Crippen LogP contribution in [0.25, 0.3) is 0 Å². The number of hydrogen-bond donors (Lipinski definition) is 0. The Kier molecular flexibility index (Phi) is 3.47. The maximum Gasteiger partial charge on any atom is 0.0393 e. The fraction of sp³-hybridized carbons (Fsp3) is 1.00. The molecule has 10 heavy (non-hydrogen) atoms. The van der Waals surface area contributed by atoms with E-state index in [-0.39, 0.29) is 8.80 Å². The average molecular weight is 156 g/mol. The van der Waals surface area contributed by atoms with Crippen LogP contribution >= 0.6 is 0 Å². The molecule has 0 aliphatic heterocycles. The van der Waals surface area contributed by atoms with Gasteiger partial charge in [0.25, 0.3) is 0 Å². The zero-order valence-corrected chi connectivity index (χ0v) is 8.55. The molecule has 0 heterocycles. The van der Waals surface area contributed by atoms with Crippen molar-refractivity contribution in [3.63, 3.8) is 0 Å². The summed E-state index contributed by atoms with van der Waals surface area (Å²) in [6.45, 7) is 4.80. The van der Waals surface area contributed by atoms with Crippen LogP contribution in [0.5, 0.6) is 0 Å². The second-order valence-corrected chi connectivity index (χ2v) is 7.72. The predicted octanol–water partition coefficient (Wildman–Crippen LogP) is 3.20. The first-order valence-corrected chi connectivity index (χ1v) is 7.18. The van der Waals surface area contributed by atoms with Gasteiger partial charge in [0.2, 0.25) is 0 Å². The highest BCUT2D eigenvalue weighted by Crippen LogP contribution is 2.35. The van der Waals surface area contributed by atoms with Crippen LogP contribution in [-0.4, -0.2) is 8.80 Å². The van der Waals surface area contributed by atoms with E-state index in [9.17, 15) is 0 Å². The number of hydrogen-bond acceptors (Lipinski definition) is 0. The molecule has 1 fully saturated rings. The maximum absolute atomic E-state index is 2.40. The summed E-state index contributed by atoms with van der Waals surface area (Å²) in [6, 6.07) is 3.09. The Morgan fingerprint density at radius 3 is 2.00 bits per heavy atom. The Hall–Kier alpha value is 0.217. The predicted molar refractivity (Wildman–Crippen MR) is 50.3 cm³/mol. The highest BCUT2D eigenvalue weighted by molar-refractivity contribution is 6.60. The van der Waals surface area contributed by atoms with Crippen molar-refractivity contribution in [3.8, 4) is 0 Å². The minimum Gasteiger partial charge on any atom is -0.0680 e. The third-order valence-corrected chi connectivity index (χ3v) is 7.21. The van der Waals surface area contributed by atoms with E-state index < -0.39 is 0 Å². The summed E-state index contributed by atoms with van der Waals surface area (Å²) in [7, 11) is -0.245. The van der Waals surface area contributed by atoms with Crippen molar-refractivity contribution in [2.75, 3.05) is 0 Å². The van der Waals surface area contributed by atoms with E-state index >= 15 is 0 Å². The molecule has 0 saturated heterocycles. The van der Waals surface area contributed by atoms with Gasteiger partial charge in [-0.3, -0.25) is 0 Å². The molecule has 0 unspecified atom stereocenters. The van der Waals surface area contributed by atoms with Gasteiger partial charge in [-0.1, -0.05) is 51.6 Å². The largest absolute Gasteiger partial charge is 0.0680 e. The first kappa shape index (κ1) is 8.31.